The van der Waals surface area contributed by atoms with E-state index in [1.807, 2.05) is 30.3 Å². The van der Waals surface area contributed by atoms with E-state index in [9.17, 15) is 19.8 Å². The minimum atomic E-state index is -1.14. The number of anilines is 1. The molecule has 26 heavy (non-hydrogen) atoms. The normalized spacial score (nSPS) is 10.3. The first kappa shape index (κ1) is 17.2. The van der Waals surface area contributed by atoms with E-state index in [-0.39, 0.29) is 23.4 Å². The summed E-state index contributed by atoms with van der Waals surface area (Å²) in [7, 11) is 0. The standard InChI is InChI=1S/C21H17NO4/c23-19-13-7-5-11-17(19)20(24)22(14-15-8-2-1-3-9-15)18-12-6-4-10-16(18)21(25)26/h1-13,23H,14H2,(H,25,26)/p-1. The van der Waals surface area contributed by atoms with Gasteiger partial charge in [-0.25, -0.2) is 4.79 Å². The number of rotatable bonds is 5. The molecule has 1 N–H and O–H groups in total. The lowest BCUT2D eigenvalue weighted by Crippen LogP contribution is -2.32. The molecule has 0 fully saturated rings. The van der Waals surface area contributed by atoms with Crippen LogP contribution in [0, 0.1) is 0 Å². The van der Waals surface area contributed by atoms with Crippen LogP contribution in [0.4, 0.5) is 5.69 Å². The number of carbonyl (C=O) groups is 2. The molecule has 0 saturated carbocycles. The summed E-state index contributed by atoms with van der Waals surface area (Å²) in [6.07, 6.45) is 0. The summed E-state index contributed by atoms with van der Waals surface area (Å²) in [6, 6.07) is 21.4. The number of benzene rings is 3. The molecule has 0 aromatic heterocycles. The SMILES string of the molecule is O=C(O)c1ccccc1N(Cc1ccccc1)C(=O)c1ccccc1[O-]. The Morgan fingerprint density at radius 2 is 1.38 bits per heavy atom. The van der Waals surface area contributed by atoms with E-state index in [0.29, 0.717) is 0 Å². The topological polar surface area (TPSA) is 80.7 Å². The largest absolute Gasteiger partial charge is 0.872 e. The number of para-hydroxylation sites is 2. The van der Waals surface area contributed by atoms with Gasteiger partial charge in [-0.15, -0.1) is 0 Å². The molecule has 0 bridgehead atoms. The van der Waals surface area contributed by atoms with Crippen LogP contribution in [0.5, 0.6) is 5.75 Å². The fraction of sp³-hybridized carbons (Fsp3) is 0.0476. The van der Waals surface area contributed by atoms with E-state index in [4.69, 9.17) is 0 Å². The van der Waals surface area contributed by atoms with Crippen LogP contribution in [-0.4, -0.2) is 17.0 Å². The van der Waals surface area contributed by atoms with Gasteiger partial charge in [-0.1, -0.05) is 72.5 Å². The van der Waals surface area contributed by atoms with Crippen LogP contribution in [0.2, 0.25) is 0 Å². The quantitative estimate of drug-likeness (QED) is 0.768. The van der Waals surface area contributed by atoms with Crippen molar-refractivity contribution >= 4 is 17.6 Å². The molecule has 0 aliphatic carbocycles. The van der Waals surface area contributed by atoms with Crippen molar-refractivity contribution in [1.29, 1.82) is 0 Å². The van der Waals surface area contributed by atoms with Crippen molar-refractivity contribution < 1.29 is 19.8 Å². The summed E-state index contributed by atoms with van der Waals surface area (Å²) in [5.74, 6) is -2.07. The summed E-state index contributed by atoms with van der Waals surface area (Å²) < 4.78 is 0. The fourth-order valence-corrected chi connectivity index (χ4v) is 2.71. The van der Waals surface area contributed by atoms with Gasteiger partial charge in [-0.05, 0) is 17.7 Å². The number of hydrogen-bond acceptors (Lipinski definition) is 3. The minimum absolute atomic E-state index is 0.000149. The van der Waals surface area contributed by atoms with Gasteiger partial charge in [0.25, 0.3) is 5.91 Å². The molecule has 0 spiro atoms. The zero-order valence-electron chi connectivity index (χ0n) is 13.8. The van der Waals surface area contributed by atoms with Crippen LogP contribution in [0.25, 0.3) is 0 Å². The second kappa shape index (κ2) is 7.53. The maximum Gasteiger partial charge on any atom is 0.337 e. The van der Waals surface area contributed by atoms with Crippen molar-refractivity contribution in [3.05, 3.63) is 95.6 Å². The second-order valence-corrected chi connectivity index (χ2v) is 5.70. The third kappa shape index (κ3) is 3.57. The lowest BCUT2D eigenvalue weighted by atomic mass is 10.1. The number of carbonyl (C=O) groups excluding carboxylic acids is 1. The molecule has 5 nitrogen and oxygen atoms in total. The van der Waals surface area contributed by atoms with E-state index in [1.54, 1.807) is 30.3 Å². The van der Waals surface area contributed by atoms with E-state index < -0.39 is 17.6 Å². The highest BCUT2D eigenvalue weighted by Crippen LogP contribution is 2.26. The van der Waals surface area contributed by atoms with E-state index >= 15 is 0 Å². The highest BCUT2D eigenvalue weighted by molar-refractivity contribution is 6.10. The van der Waals surface area contributed by atoms with Crippen LogP contribution >= 0.6 is 0 Å². The molecule has 0 unspecified atom stereocenters. The van der Waals surface area contributed by atoms with Crippen molar-refractivity contribution in [2.75, 3.05) is 4.90 Å². The van der Waals surface area contributed by atoms with E-state index in [0.717, 1.165) is 5.56 Å². The Hall–Kier alpha value is -3.60. The average molecular weight is 346 g/mol. The number of hydrogen-bond donors (Lipinski definition) is 1. The predicted octanol–water partition coefficient (Wildman–Crippen LogP) is 3.31. The Balaban J connectivity index is 2.10. The smallest absolute Gasteiger partial charge is 0.337 e. The molecule has 0 heterocycles. The Morgan fingerprint density at radius 1 is 0.808 bits per heavy atom. The van der Waals surface area contributed by atoms with Gasteiger partial charge in [-0.3, -0.25) is 4.79 Å². The van der Waals surface area contributed by atoms with Gasteiger partial charge in [0.2, 0.25) is 0 Å². The van der Waals surface area contributed by atoms with Gasteiger partial charge in [-0.2, -0.15) is 0 Å². The monoisotopic (exact) mass is 346 g/mol. The van der Waals surface area contributed by atoms with Crippen molar-refractivity contribution in [2.24, 2.45) is 0 Å². The van der Waals surface area contributed by atoms with Crippen LogP contribution in [-0.2, 0) is 6.54 Å². The Morgan fingerprint density at radius 3 is 2.04 bits per heavy atom. The molecule has 3 aromatic carbocycles. The number of nitrogens with zero attached hydrogens (tertiary/aromatic N) is 1. The summed E-state index contributed by atoms with van der Waals surface area (Å²) >= 11 is 0. The molecule has 5 heteroatoms. The molecular weight excluding hydrogens is 330 g/mol. The lowest BCUT2D eigenvalue weighted by Gasteiger charge is -2.26. The number of carboxylic acids is 1. The Bertz CT molecular complexity index is 938. The Kier molecular flexibility index (Phi) is 4.99. The van der Waals surface area contributed by atoms with Gasteiger partial charge in [0.15, 0.2) is 0 Å². The molecule has 130 valence electrons. The van der Waals surface area contributed by atoms with Gasteiger partial charge in [0.1, 0.15) is 0 Å². The summed E-state index contributed by atoms with van der Waals surface area (Å²) in [5, 5.41) is 21.6. The molecule has 0 aliphatic heterocycles. The first-order valence-electron chi connectivity index (χ1n) is 8.02. The Labute approximate surface area is 150 Å². The fourth-order valence-electron chi connectivity index (χ4n) is 2.71. The average Bonchev–Trinajstić information content (AvgIpc) is 2.67. The summed E-state index contributed by atoms with van der Waals surface area (Å²) in [5.41, 5.74) is 1.07. The van der Waals surface area contributed by atoms with Gasteiger partial charge in [0, 0.05) is 5.56 Å². The van der Waals surface area contributed by atoms with E-state index in [2.05, 4.69) is 0 Å². The molecule has 0 radical (unpaired) electrons. The first-order chi connectivity index (χ1) is 12.6. The number of carboxylic acid groups (broad SMARTS) is 1. The van der Waals surface area contributed by atoms with Gasteiger partial charge in [0.05, 0.1) is 17.8 Å². The summed E-state index contributed by atoms with van der Waals surface area (Å²) in [4.78, 5) is 26.0. The maximum atomic E-state index is 13.1. The first-order valence-corrected chi connectivity index (χ1v) is 8.02. The molecule has 0 atom stereocenters. The highest BCUT2D eigenvalue weighted by Gasteiger charge is 2.23. The molecule has 3 aromatic rings. The van der Waals surface area contributed by atoms with Gasteiger partial charge < -0.3 is 15.1 Å². The van der Waals surface area contributed by atoms with Crippen LogP contribution in [0.3, 0.4) is 0 Å². The number of amides is 1. The van der Waals surface area contributed by atoms with Crippen molar-refractivity contribution in [3.8, 4) is 5.75 Å². The van der Waals surface area contributed by atoms with E-state index in [1.165, 1.54) is 23.1 Å². The molecule has 0 saturated heterocycles. The second-order valence-electron chi connectivity index (χ2n) is 5.70. The van der Waals surface area contributed by atoms with Crippen molar-refractivity contribution in [2.45, 2.75) is 6.54 Å². The van der Waals surface area contributed by atoms with Crippen molar-refractivity contribution in [3.63, 3.8) is 0 Å². The van der Waals surface area contributed by atoms with Crippen LogP contribution in [0.15, 0.2) is 78.9 Å². The lowest BCUT2D eigenvalue weighted by molar-refractivity contribution is -0.268. The third-order valence-electron chi connectivity index (χ3n) is 3.97. The van der Waals surface area contributed by atoms with Crippen molar-refractivity contribution in [1.82, 2.24) is 0 Å². The molecule has 3 rings (SSSR count). The third-order valence-corrected chi connectivity index (χ3v) is 3.97. The zero-order chi connectivity index (χ0) is 18.5. The van der Waals surface area contributed by atoms with Crippen LogP contribution in [0.1, 0.15) is 26.3 Å². The molecular formula is C21H16NO4-. The summed E-state index contributed by atoms with van der Waals surface area (Å²) in [6.45, 7) is 0.151. The maximum absolute atomic E-state index is 13.1. The predicted molar refractivity (Wildman–Crippen MR) is 96.2 cm³/mol. The number of aromatic carboxylic acids is 1. The molecule has 1 amide bonds. The zero-order valence-corrected chi connectivity index (χ0v) is 13.8. The van der Waals surface area contributed by atoms with Gasteiger partial charge >= 0.3 is 5.97 Å². The van der Waals surface area contributed by atoms with Crippen LogP contribution < -0.4 is 10.0 Å². The minimum Gasteiger partial charge on any atom is -0.872 e. The highest BCUT2D eigenvalue weighted by atomic mass is 16.4. The molecule has 0 aliphatic rings.